The van der Waals surface area contributed by atoms with Crippen molar-refractivity contribution in [3.05, 3.63) is 24.1 Å². The minimum absolute atomic E-state index is 0.175. The van der Waals surface area contributed by atoms with E-state index in [1.165, 1.54) is 17.7 Å². The number of aromatic nitrogens is 8. The molecule has 0 saturated heterocycles. The van der Waals surface area contributed by atoms with Gasteiger partial charge in [-0.25, -0.2) is 14.5 Å². The summed E-state index contributed by atoms with van der Waals surface area (Å²) in [4.78, 5) is 13.7. The van der Waals surface area contributed by atoms with Gasteiger partial charge in [-0.3, -0.25) is 5.10 Å². The van der Waals surface area contributed by atoms with Crippen LogP contribution in [0.2, 0.25) is 0 Å². The monoisotopic (exact) mass is 345 g/mol. The topological polar surface area (TPSA) is 123 Å². The zero-order valence-electron chi connectivity index (χ0n) is 13.3. The van der Waals surface area contributed by atoms with Crippen LogP contribution in [0.1, 0.15) is 31.5 Å². The Bertz CT molecular complexity index is 920. The first-order valence-electron chi connectivity index (χ1n) is 7.39. The van der Waals surface area contributed by atoms with Crippen LogP contribution in [0.3, 0.4) is 0 Å². The summed E-state index contributed by atoms with van der Waals surface area (Å²) in [6.07, 6.45) is 3.28. The minimum atomic E-state index is -0.175. The second kappa shape index (κ2) is 5.67. The number of nitrogens with one attached hydrogen (secondary N) is 2. The van der Waals surface area contributed by atoms with Crippen LogP contribution in [0.5, 0.6) is 0 Å². The standard InChI is InChI=1S/C13H15N9OS/c1-6(2)8(11-18-10(21-23-11)9-14-5-15-19-9)17-12-20-22-4-7(3)16-13(22)24-12/h4-6,8H,1-3H3,(H,17,20)(H,14,15,19)/t8-/m1/s1. The van der Waals surface area contributed by atoms with Gasteiger partial charge in [0.25, 0.3) is 0 Å². The highest BCUT2D eigenvalue weighted by atomic mass is 32.1. The van der Waals surface area contributed by atoms with Crippen molar-refractivity contribution in [2.24, 2.45) is 5.92 Å². The van der Waals surface area contributed by atoms with E-state index in [4.69, 9.17) is 4.52 Å². The van der Waals surface area contributed by atoms with Crippen molar-refractivity contribution in [3.8, 4) is 11.6 Å². The van der Waals surface area contributed by atoms with Gasteiger partial charge in [0.15, 0.2) is 5.82 Å². The number of H-pyrrole nitrogens is 1. The Morgan fingerprint density at radius 2 is 2.21 bits per heavy atom. The molecule has 24 heavy (non-hydrogen) atoms. The summed E-state index contributed by atoms with van der Waals surface area (Å²) in [5.41, 5.74) is 0.939. The maximum Gasteiger partial charge on any atom is 0.249 e. The number of imidazole rings is 1. The van der Waals surface area contributed by atoms with Crippen molar-refractivity contribution >= 4 is 21.4 Å². The predicted octanol–water partition coefficient (Wildman–Crippen LogP) is 2.08. The number of fused-ring (bicyclic) bond motifs is 1. The molecule has 0 amide bonds. The summed E-state index contributed by atoms with van der Waals surface area (Å²) in [7, 11) is 0. The molecule has 124 valence electrons. The van der Waals surface area contributed by atoms with Crippen LogP contribution in [-0.2, 0) is 0 Å². The van der Waals surface area contributed by atoms with Crippen molar-refractivity contribution < 1.29 is 4.52 Å². The number of rotatable bonds is 5. The van der Waals surface area contributed by atoms with Gasteiger partial charge < -0.3 is 9.84 Å². The summed E-state index contributed by atoms with van der Waals surface area (Å²) in [6.45, 7) is 6.08. The van der Waals surface area contributed by atoms with Crippen molar-refractivity contribution in [3.63, 3.8) is 0 Å². The fourth-order valence-electron chi connectivity index (χ4n) is 2.28. The Hall–Kier alpha value is -2.82. The molecule has 4 aromatic heterocycles. The zero-order chi connectivity index (χ0) is 16.7. The molecule has 0 aromatic carbocycles. The Balaban J connectivity index is 1.61. The molecule has 4 rings (SSSR count). The maximum absolute atomic E-state index is 5.40. The third-order valence-electron chi connectivity index (χ3n) is 3.44. The normalized spacial score (nSPS) is 13.0. The molecular formula is C13H15N9OS. The van der Waals surface area contributed by atoms with Crippen molar-refractivity contribution in [2.45, 2.75) is 26.8 Å². The molecule has 0 aliphatic rings. The number of hydrogen-bond acceptors (Lipinski definition) is 9. The second-order valence-electron chi connectivity index (χ2n) is 5.67. The first kappa shape index (κ1) is 14.8. The van der Waals surface area contributed by atoms with E-state index in [0.29, 0.717) is 17.5 Å². The highest BCUT2D eigenvalue weighted by Crippen LogP contribution is 2.29. The fraction of sp³-hybridized carbons (Fsp3) is 0.385. The highest BCUT2D eigenvalue weighted by Gasteiger charge is 2.25. The quantitative estimate of drug-likeness (QED) is 0.563. The average Bonchev–Trinajstić information content (AvgIpc) is 3.27. The molecule has 11 heteroatoms. The molecule has 2 N–H and O–H groups in total. The van der Waals surface area contributed by atoms with Gasteiger partial charge in [0.2, 0.25) is 21.8 Å². The number of aryl methyl sites for hydroxylation is 1. The SMILES string of the molecule is Cc1cn2nc(N[C@@H](c3nc(-c4ncn[nH]4)no3)C(C)C)sc2n1. The molecule has 0 aliphatic heterocycles. The lowest BCUT2D eigenvalue weighted by molar-refractivity contribution is 0.335. The van der Waals surface area contributed by atoms with Gasteiger partial charge in [0.1, 0.15) is 12.4 Å². The van der Waals surface area contributed by atoms with Crippen LogP contribution in [0.25, 0.3) is 16.6 Å². The first-order valence-corrected chi connectivity index (χ1v) is 8.20. The second-order valence-corrected chi connectivity index (χ2v) is 6.63. The molecule has 0 fully saturated rings. The maximum atomic E-state index is 5.40. The van der Waals surface area contributed by atoms with Gasteiger partial charge in [-0.1, -0.05) is 30.3 Å². The van der Waals surface area contributed by atoms with Crippen LogP contribution in [0.15, 0.2) is 17.0 Å². The first-order chi connectivity index (χ1) is 11.6. The number of aromatic amines is 1. The van der Waals surface area contributed by atoms with Gasteiger partial charge in [-0.15, -0.1) is 5.10 Å². The average molecular weight is 345 g/mol. The Kier molecular flexibility index (Phi) is 3.49. The Labute approximate surface area is 140 Å². The molecule has 1 atom stereocenters. The Morgan fingerprint density at radius 3 is 2.92 bits per heavy atom. The molecule has 0 radical (unpaired) electrons. The van der Waals surface area contributed by atoms with E-state index in [2.05, 4.69) is 54.6 Å². The van der Waals surface area contributed by atoms with Gasteiger partial charge >= 0.3 is 0 Å². The van der Waals surface area contributed by atoms with E-state index in [-0.39, 0.29) is 12.0 Å². The van der Waals surface area contributed by atoms with Crippen LogP contribution >= 0.6 is 11.3 Å². The molecule has 4 heterocycles. The van der Waals surface area contributed by atoms with E-state index >= 15 is 0 Å². The zero-order valence-corrected chi connectivity index (χ0v) is 14.1. The lowest BCUT2D eigenvalue weighted by Crippen LogP contribution is -2.17. The lowest BCUT2D eigenvalue weighted by Gasteiger charge is -2.17. The summed E-state index contributed by atoms with van der Waals surface area (Å²) in [5, 5.41) is 19.0. The van der Waals surface area contributed by atoms with E-state index in [1.54, 1.807) is 4.52 Å². The summed E-state index contributed by atoms with van der Waals surface area (Å²) >= 11 is 1.47. The molecule has 0 unspecified atom stereocenters. The minimum Gasteiger partial charge on any atom is -0.348 e. The number of nitrogens with zero attached hydrogens (tertiary/aromatic N) is 7. The largest absolute Gasteiger partial charge is 0.348 e. The molecule has 0 spiro atoms. The van der Waals surface area contributed by atoms with Crippen LogP contribution < -0.4 is 5.32 Å². The summed E-state index contributed by atoms with van der Waals surface area (Å²) < 4.78 is 7.16. The van der Waals surface area contributed by atoms with Crippen LogP contribution in [0, 0.1) is 12.8 Å². The molecule has 0 bridgehead atoms. The molecule has 4 aromatic rings. The highest BCUT2D eigenvalue weighted by molar-refractivity contribution is 7.20. The van der Waals surface area contributed by atoms with E-state index in [1.807, 2.05) is 13.1 Å². The summed E-state index contributed by atoms with van der Waals surface area (Å²) in [6, 6.07) is -0.175. The van der Waals surface area contributed by atoms with Crippen molar-refractivity contribution in [2.75, 3.05) is 5.32 Å². The number of hydrogen-bond donors (Lipinski definition) is 2. The van der Waals surface area contributed by atoms with Gasteiger partial charge in [0, 0.05) is 0 Å². The van der Waals surface area contributed by atoms with Gasteiger partial charge in [-0.05, 0) is 12.8 Å². The lowest BCUT2D eigenvalue weighted by atomic mass is 10.1. The Morgan fingerprint density at radius 1 is 1.33 bits per heavy atom. The number of anilines is 1. The molecule has 0 saturated carbocycles. The third kappa shape index (κ3) is 2.62. The molecule has 0 aliphatic carbocycles. The van der Waals surface area contributed by atoms with Crippen LogP contribution in [0.4, 0.5) is 5.13 Å². The van der Waals surface area contributed by atoms with Crippen molar-refractivity contribution in [1.29, 1.82) is 0 Å². The van der Waals surface area contributed by atoms with E-state index in [0.717, 1.165) is 15.8 Å². The van der Waals surface area contributed by atoms with Gasteiger partial charge in [-0.2, -0.15) is 10.1 Å². The third-order valence-corrected chi connectivity index (χ3v) is 4.30. The van der Waals surface area contributed by atoms with E-state index in [9.17, 15) is 0 Å². The molecule has 10 nitrogen and oxygen atoms in total. The predicted molar refractivity (Wildman–Crippen MR) is 86.5 cm³/mol. The van der Waals surface area contributed by atoms with Crippen LogP contribution in [-0.4, -0.2) is 39.9 Å². The van der Waals surface area contributed by atoms with Gasteiger partial charge in [0.05, 0.1) is 11.9 Å². The van der Waals surface area contributed by atoms with E-state index < -0.39 is 0 Å². The fourth-order valence-corrected chi connectivity index (χ4v) is 3.15. The summed E-state index contributed by atoms with van der Waals surface area (Å²) in [5.74, 6) is 1.53. The van der Waals surface area contributed by atoms with Crippen molar-refractivity contribution in [1.82, 2.24) is 39.9 Å². The smallest absolute Gasteiger partial charge is 0.249 e. The molecular weight excluding hydrogens is 330 g/mol.